The van der Waals surface area contributed by atoms with Gasteiger partial charge in [-0.3, -0.25) is 0 Å². The highest BCUT2D eigenvalue weighted by Crippen LogP contribution is 2.30. The molecule has 0 bridgehead atoms. The van der Waals surface area contributed by atoms with Gasteiger partial charge >= 0.3 is 0 Å². The Morgan fingerprint density at radius 3 is 3.06 bits per heavy atom. The van der Waals surface area contributed by atoms with Crippen molar-refractivity contribution in [2.24, 2.45) is 11.7 Å². The van der Waals surface area contributed by atoms with Gasteiger partial charge in [-0.05, 0) is 32.2 Å². The summed E-state index contributed by atoms with van der Waals surface area (Å²) in [5.74, 6) is 3.25. The Morgan fingerprint density at radius 1 is 1.47 bits per heavy atom. The van der Waals surface area contributed by atoms with Gasteiger partial charge in [-0.25, -0.2) is 0 Å². The smallest absolute Gasteiger partial charge is 0.138 e. The molecular weight excluding hydrogens is 216 g/mol. The topological polar surface area (TPSA) is 66.0 Å². The van der Waals surface area contributed by atoms with Crippen LogP contribution in [0.25, 0.3) is 0 Å². The van der Waals surface area contributed by atoms with E-state index in [2.05, 4.69) is 21.7 Å². The number of ether oxygens (including phenoxy) is 1. The van der Waals surface area contributed by atoms with E-state index < -0.39 is 0 Å². The SMILES string of the molecule is CC1CC(c2nnc3n2CCC(CN)C3)CO1. The molecule has 1 saturated heterocycles. The molecule has 3 unspecified atom stereocenters. The summed E-state index contributed by atoms with van der Waals surface area (Å²) in [5, 5.41) is 8.70. The van der Waals surface area contributed by atoms with Gasteiger partial charge in [0, 0.05) is 18.9 Å². The first-order valence-electron chi connectivity index (χ1n) is 6.51. The van der Waals surface area contributed by atoms with Gasteiger partial charge in [-0.15, -0.1) is 10.2 Å². The highest BCUT2D eigenvalue weighted by atomic mass is 16.5. The molecule has 0 radical (unpaired) electrons. The van der Waals surface area contributed by atoms with E-state index in [9.17, 15) is 0 Å². The molecule has 1 aromatic heterocycles. The molecule has 0 saturated carbocycles. The molecule has 5 nitrogen and oxygen atoms in total. The van der Waals surface area contributed by atoms with Gasteiger partial charge in [-0.2, -0.15) is 0 Å². The Kier molecular flexibility index (Phi) is 2.88. The minimum atomic E-state index is 0.355. The second kappa shape index (κ2) is 4.38. The summed E-state index contributed by atoms with van der Waals surface area (Å²) in [4.78, 5) is 0. The zero-order chi connectivity index (χ0) is 11.8. The van der Waals surface area contributed by atoms with Gasteiger partial charge in [0.15, 0.2) is 0 Å². The second-order valence-corrected chi connectivity index (χ2v) is 5.30. The molecule has 94 valence electrons. The number of rotatable bonds is 2. The normalized spacial score (nSPS) is 32.7. The Morgan fingerprint density at radius 2 is 2.35 bits per heavy atom. The monoisotopic (exact) mass is 236 g/mol. The number of fused-ring (bicyclic) bond motifs is 1. The molecule has 2 aliphatic rings. The Labute approximate surface area is 101 Å². The van der Waals surface area contributed by atoms with E-state index in [0.29, 0.717) is 17.9 Å². The van der Waals surface area contributed by atoms with E-state index in [4.69, 9.17) is 10.5 Å². The fourth-order valence-electron chi connectivity index (χ4n) is 2.92. The van der Waals surface area contributed by atoms with Crippen LogP contribution in [0.3, 0.4) is 0 Å². The van der Waals surface area contributed by atoms with Crippen LogP contribution in [0.2, 0.25) is 0 Å². The van der Waals surface area contributed by atoms with E-state index in [0.717, 1.165) is 50.6 Å². The predicted molar refractivity (Wildman–Crippen MR) is 63.7 cm³/mol. The molecule has 1 fully saturated rings. The molecule has 2 N–H and O–H groups in total. The van der Waals surface area contributed by atoms with Crippen molar-refractivity contribution in [1.29, 1.82) is 0 Å². The van der Waals surface area contributed by atoms with Crippen LogP contribution in [0.1, 0.15) is 37.3 Å². The van der Waals surface area contributed by atoms with E-state index in [1.165, 1.54) is 0 Å². The fraction of sp³-hybridized carbons (Fsp3) is 0.833. The first-order valence-corrected chi connectivity index (χ1v) is 6.51. The third kappa shape index (κ3) is 1.98. The fourth-order valence-corrected chi connectivity index (χ4v) is 2.92. The van der Waals surface area contributed by atoms with Gasteiger partial charge in [0.1, 0.15) is 11.6 Å². The number of nitrogens with zero attached hydrogens (tertiary/aromatic N) is 3. The van der Waals surface area contributed by atoms with Gasteiger partial charge < -0.3 is 15.0 Å². The van der Waals surface area contributed by atoms with Crippen molar-refractivity contribution in [1.82, 2.24) is 14.8 Å². The summed E-state index contributed by atoms with van der Waals surface area (Å²) in [7, 11) is 0. The maximum absolute atomic E-state index is 5.73. The van der Waals surface area contributed by atoms with E-state index in [1.807, 2.05) is 0 Å². The van der Waals surface area contributed by atoms with Crippen molar-refractivity contribution in [3.63, 3.8) is 0 Å². The maximum atomic E-state index is 5.73. The first-order chi connectivity index (χ1) is 8.28. The van der Waals surface area contributed by atoms with Gasteiger partial charge in [0.05, 0.1) is 12.7 Å². The molecule has 3 atom stereocenters. The maximum Gasteiger partial charge on any atom is 0.138 e. The lowest BCUT2D eigenvalue weighted by Gasteiger charge is -2.23. The van der Waals surface area contributed by atoms with Crippen LogP contribution in [0.4, 0.5) is 0 Å². The molecule has 0 aromatic carbocycles. The standard InChI is InChI=1S/C12H20N4O/c1-8-4-10(7-17-8)12-15-14-11-5-9(6-13)2-3-16(11)12/h8-10H,2-7,13H2,1H3. The summed E-state index contributed by atoms with van der Waals surface area (Å²) in [6, 6.07) is 0. The second-order valence-electron chi connectivity index (χ2n) is 5.30. The highest BCUT2D eigenvalue weighted by Gasteiger charge is 2.30. The molecule has 17 heavy (non-hydrogen) atoms. The number of nitrogens with two attached hydrogens (primary N) is 1. The Balaban J connectivity index is 1.81. The predicted octanol–water partition coefficient (Wildman–Crippen LogP) is 0.692. The van der Waals surface area contributed by atoms with Crippen molar-refractivity contribution in [2.75, 3.05) is 13.2 Å². The lowest BCUT2D eigenvalue weighted by atomic mass is 9.97. The lowest BCUT2D eigenvalue weighted by Crippen LogP contribution is -2.26. The van der Waals surface area contributed by atoms with Crippen molar-refractivity contribution < 1.29 is 4.74 Å². The molecule has 3 heterocycles. The summed E-state index contributed by atoms with van der Waals surface area (Å²) >= 11 is 0. The molecule has 0 spiro atoms. The zero-order valence-corrected chi connectivity index (χ0v) is 10.3. The summed E-state index contributed by atoms with van der Waals surface area (Å²) in [6.45, 7) is 4.69. The van der Waals surface area contributed by atoms with E-state index in [1.54, 1.807) is 0 Å². The molecule has 0 aliphatic carbocycles. The lowest BCUT2D eigenvalue weighted by molar-refractivity contribution is 0.123. The molecule has 1 aromatic rings. The number of hydrogen-bond acceptors (Lipinski definition) is 4. The van der Waals surface area contributed by atoms with Crippen LogP contribution in [0.5, 0.6) is 0 Å². The third-order valence-electron chi connectivity index (χ3n) is 3.99. The minimum Gasteiger partial charge on any atom is -0.378 e. The van der Waals surface area contributed by atoms with Crippen LogP contribution in [0, 0.1) is 5.92 Å². The average molecular weight is 236 g/mol. The van der Waals surface area contributed by atoms with Crippen LogP contribution < -0.4 is 5.73 Å². The molecule has 5 heteroatoms. The number of hydrogen-bond donors (Lipinski definition) is 1. The van der Waals surface area contributed by atoms with Gasteiger partial charge in [0.25, 0.3) is 0 Å². The zero-order valence-electron chi connectivity index (χ0n) is 10.3. The first kappa shape index (κ1) is 11.2. The van der Waals surface area contributed by atoms with Crippen LogP contribution in [-0.4, -0.2) is 34.0 Å². The van der Waals surface area contributed by atoms with Gasteiger partial charge in [0.2, 0.25) is 0 Å². The van der Waals surface area contributed by atoms with E-state index in [-0.39, 0.29) is 0 Å². The van der Waals surface area contributed by atoms with Crippen molar-refractivity contribution in [3.05, 3.63) is 11.6 Å². The van der Waals surface area contributed by atoms with Crippen LogP contribution in [0.15, 0.2) is 0 Å². The Hall–Kier alpha value is -0.940. The minimum absolute atomic E-state index is 0.355. The quantitative estimate of drug-likeness (QED) is 0.820. The highest BCUT2D eigenvalue weighted by molar-refractivity contribution is 5.07. The van der Waals surface area contributed by atoms with Crippen molar-refractivity contribution in [2.45, 2.75) is 44.8 Å². The van der Waals surface area contributed by atoms with Crippen LogP contribution >= 0.6 is 0 Å². The van der Waals surface area contributed by atoms with E-state index >= 15 is 0 Å². The summed E-state index contributed by atoms with van der Waals surface area (Å²) < 4.78 is 7.91. The van der Waals surface area contributed by atoms with Crippen LogP contribution in [-0.2, 0) is 17.7 Å². The van der Waals surface area contributed by atoms with Gasteiger partial charge in [-0.1, -0.05) is 0 Å². The molecule has 0 amide bonds. The average Bonchev–Trinajstić information content (AvgIpc) is 2.93. The molecular formula is C12H20N4O. The largest absolute Gasteiger partial charge is 0.378 e. The third-order valence-corrected chi connectivity index (χ3v) is 3.99. The molecule has 3 rings (SSSR count). The number of aromatic nitrogens is 3. The summed E-state index contributed by atoms with van der Waals surface area (Å²) in [6.07, 6.45) is 3.55. The molecule has 2 aliphatic heterocycles. The Bertz CT molecular complexity index is 403. The summed E-state index contributed by atoms with van der Waals surface area (Å²) in [5.41, 5.74) is 5.73. The van der Waals surface area contributed by atoms with Crippen molar-refractivity contribution in [3.8, 4) is 0 Å². The van der Waals surface area contributed by atoms with Crippen molar-refractivity contribution >= 4 is 0 Å².